The molecule has 1 N–H and O–H groups in total. The van der Waals surface area contributed by atoms with Crippen molar-refractivity contribution in [2.45, 2.75) is 53.0 Å². The number of imidazole rings is 1. The lowest BCUT2D eigenvalue weighted by molar-refractivity contribution is 0.671. The molecule has 0 saturated carbocycles. The second kappa shape index (κ2) is 7.36. The maximum Gasteiger partial charge on any atom is 0.138 e. The molecule has 2 aromatic rings. The van der Waals surface area contributed by atoms with Gasteiger partial charge in [-0.2, -0.15) is 0 Å². The van der Waals surface area contributed by atoms with Gasteiger partial charge >= 0.3 is 0 Å². The van der Waals surface area contributed by atoms with Gasteiger partial charge in [0.1, 0.15) is 11.6 Å². The van der Waals surface area contributed by atoms with E-state index in [2.05, 4.69) is 54.7 Å². The number of hydrogen-bond acceptors (Lipinski definition) is 3. The summed E-state index contributed by atoms with van der Waals surface area (Å²) < 4.78 is 2.09. The number of aromatic nitrogens is 3. The SMILES string of the molecule is CCCNCc1cc(C(C)C)nc(-n2ccnc2CC)c1. The standard InChI is InChI=1S/C17H26N4/c1-5-7-18-12-14-10-15(13(3)4)20-17(11-14)21-9-8-19-16(21)6-2/h8-11,13,18H,5-7,12H2,1-4H3. The fraction of sp³-hybridized carbons (Fsp3) is 0.529. The van der Waals surface area contributed by atoms with E-state index in [0.717, 1.165) is 43.3 Å². The number of nitrogens with zero attached hydrogens (tertiary/aromatic N) is 3. The van der Waals surface area contributed by atoms with Crippen LogP contribution in [0, 0.1) is 0 Å². The predicted molar refractivity (Wildman–Crippen MR) is 86.8 cm³/mol. The van der Waals surface area contributed by atoms with Gasteiger partial charge in [0, 0.05) is 31.1 Å². The first-order chi connectivity index (χ1) is 10.2. The summed E-state index contributed by atoms with van der Waals surface area (Å²) in [5.74, 6) is 2.45. The lowest BCUT2D eigenvalue weighted by atomic mass is 10.1. The molecule has 0 saturated heterocycles. The van der Waals surface area contributed by atoms with Gasteiger partial charge < -0.3 is 5.32 Å². The Morgan fingerprint density at radius 1 is 1.24 bits per heavy atom. The molecule has 114 valence electrons. The van der Waals surface area contributed by atoms with Crippen molar-refractivity contribution in [1.82, 2.24) is 19.9 Å². The number of nitrogens with one attached hydrogen (secondary N) is 1. The second-order valence-electron chi connectivity index (χ2n) is 5.66. The van der Waals surface area contributed by atoms with Crippen LogP contribution in [0.2, 0.25) is 0 Å². The van der Waals surface area contributed by atoms with Crippen LogP contribution in [0.4, 0.5) is 0 Å². The van der Waals surface area contributed by atoms with Crippen molar-refractivity contribution in [2.24, 2.45) is 0 Å². The van der Waals surface area contributed by atoms with Crippen molar-refractivity contribution in [1.29, 1.82) is 0 Å². The molecule has 2 heterocycles. The molecule has 0 fully saturated rings. The molecule has 2 rings (SSSR count). The van der Waals surface area contributed by atoms with Gasteiger partial charge in [-0.15, -0.1) is 0 Å². The van der Waals surface area contributed by atoms with Crippen molar-refractivity contribution in [2.75, 3.05) is 6.54 Å². The Kier molecular flexibility index (Phi) is 5.51. The largest absolute Gasteiger partial charge is 0.313 e. The molecule has 0 unspecified atom stereocenters. The van der Waals surface area contributed by atoms with Gasteiger partial charge in [-0.1, -0.05) is 27.7 Å². The van der Waals surface area contributed by atoms with E-state index >= 15 is 0 Å². The molecular formula is C17H26N4. The minimum Gasteiger partial charge on any atom is -0.313 e. The number of aryl methyl sites for hydroxylation is 1. The molecular weight excluding hydrogens is 260 g/mol. The first-order valence-electron chi connectivity index (χ1n) is 7.89. The Morgan fingerprint density at radius 2 is 2.05 bits per heavy atom. The van der Waals surface area contributed by atoms with Gasteiger partial charge in [-0.25, -0.2) is 9.97 Å². The second-order valence-corrected chi connectivity index (χ2v) is 5.66. The zero-order valence-electron chi connectivity index (χ0n) is 13.6. The average Bonchev–Trinajstić information content (AvgIpc) is 2.95. The number of hydrogen-bond donors (Lipinski definition) is 1. The summed E-state index contributed by atoms with van der Waals surface area (Å²) in [6, 6.07) is 4.37. The smallest absolute Gasteiger partial charge is 0.138 e. The predicted octanol–water partition coefficient (Wildman–Crippen LogP) is 3.45. The first-order valence-corrected chi connectivity index (χ1v) is 7.89. The van der Waals surface area contributed by atoms with E-state index in [1.54, 1.807) is 0 Å². The molecule has 0 amide bonds. The van der Waals surface area contributed by atoms with Crippen LogP contribution in [-0.4, -0.2) is 21.1 Å². The quantitative estimate of drug-likeness (QED) is 0.793. The Bertz CT molecular complexity index is 572. The summed E-state index contributed by atoms with van der Waals surface area (Å²) in [5, 5.41) is 3.47. The Balaban J connectivity index is 2.35. The summed E-state index contributed by atoms with van der Waals surface area (Å²) in [7, 11) is 0. The third kappa shape index (κ3) is 3.91. The molecule has 21 heavy (non-hydrogen) atoms. The monoisotopic (exact) mass is 286 g/mol. The van der Waals surface area contributed by atoms with Crippen LogP contribution < -0.4 is 5.32 Å². The lowest BCUT2D eigenvalue weighted by Crippen LogP contribution is -2.15. The topological polar surface area (TPSA) is 42.7 Å². The van der Waals surface area contributed by atoms with Crippen LogP contribution in [0.5, 0.6) is 0 Å². The fourth-order valence-electron chi connectivity index (χ4n) is 2.33. The van der Waals surface area contributed by atoms with Gasteiger partial charge in [0.2, 0.25) is 0 Å². The molecule has 0 aliphatic heterocycles. The van der Waals surface area contributed by atoms with Gasteiger partial charge in [-0.3, -0.25) is 4.57 Å². The third-order valence-electron chi connectivity index (χ3n) is 3.52. The summed E-state index contributed by atoms with van der Waals surface area (Å²) in [5.41, 5.74) is 2.42. The highest BCUT2D eigenvalue weighted by Gasteiger charge is 2.10. The summed E-state index contributed by atoms with van der Waals surface area (Å²) in [6.07, 6.45) is 5.90. The zero-order valence-corrected chi connectivity index (χ0v) is 13.6. The number of rotatable bonds is 7. The zero-order chi connectivity index (χ0) is 15.2. The van der Waals surface area contributed by atoms with Crippen molar-refractivity contribution >= 4 is 0 Å². The van der Waals surface area contributed by atoms with E-state index in [9.17, 15) is 0 Å². The van der Waals surface area contributed by atoms with Crippen LogP contribution in [0.1, 0.15) is 57.1 Å². The maximum absolute atomic E-state index is 4.81. The molecule has 2 aromatic heterocycles. The van der Waals surface area contributed by atoms with Crippen molar-refractivity contribution in [3.63, 3.8) is 0 Å². The summed E-state index contributed by atoms with van der Waals surface area (Å²) in [4.78, 5) is 9.21. The van der Waals surface area contributed by atoms with E-state index in [0.29, 0.717) is 5.92 Å². The Labute approximate surface area is 127 Å². The number of pyridine rings is 1. The highest BCUT2D eigenvalue weighted by Crippen LogP contribution is 2.18. The van der Waals surface area contributed by atoms with Crippen LogP contribution in [-0.2, 0) is 13.0 Å². The molecule has 4 nitrogen and oxygen atoms in total. The molecule has 0 aromatic carbocycles. The maximum atomic E-state index is 4.81. The molecule has 0 spiro atoms. The summed E-state index contributed by atoms with van der Waals surface area (Å²) >= 11 is 0. The molecule has 0 radical (unpaired) electrons. The van der Waals surface area contributed by atoms with Crippen molar-refractivity contribution < 1.29 is 0 Å². The Morgan fingerprint density at radius 3 is 2.71 bits per heavy atom. The minimum atomic E-state index is 0.420. The van der Waals surface area contributed by atoms with E-state index in [-0.39, 0.29) is 0 Å². The van der Waals surface area contributed by atoms with Crippen LogP contribution in [0.3, 0.4) is 0 Å². The molecule has 0 aliphatic carbocycles. The fourth-order valence-corrected chi connectivity index (χ4v) is 2.33. The van der Waals surface area contributed by atoms with Gasteiger partial charge in [0.05, 0.1) is 0 Å². The van der Waals surface area contributed by atoms with E-state index in [4.69, 9.17) is 4.98 Å². The average molecular weight is 286 g/mol. The van der Waals surface area contributed by atoms with E-state index < -0.39 is 0 Å². The molecule has 0 bridgehead atoms. The van der Waals surface area contributed by atoms with E-state index in [1.165, 1.54) is 5.56 Å². The molecule has 4 heteroatoms. The van der Waals surface area contributed by atoms with Crippen LogP contribution in [0.15, 0.2) is 24.5 Å². The highest BCUT2D eigenvalue weighted by molar-refractivity contribution is 5.33. The highest BCUT2D eigenvalue weighted by atomic mass is 15.1. The van der Waals surface area contributed by atoms with Gasteiger partial charge in [-0.05, 0) is 36.6 Å². The lowest BCUT2D eigenvalue weighted by Gasteiger charge is -2.13. The van der Waals surface area contributed by atoms with Crippen LogP contribution in [0.25, 0.3) is 5.82 Å². The van der Waals surface area contributed by atoms with Crippen LogP contribution >= 0.6 is 0 Å². The van der Waals surface area contributed by atoms with Gasteiger partial charge in [0.15, 0.2) is 0 Å². The molecule has 0 aliphatic rings. The van der Waals surface area contributed by atoms with Crippen molar-refractivity contribution in [3.05, 3.63) is 41.6 Å². The summed E-state index contributed by atoms with van der Waals surface area (Å²) in [6.45, 7) is 10.6. The normalized spacial score (nSPS) is 11.3. The minimum absolute atomic E-state index is 0.420. The first kappa shape index (κ1) is 15.7. The van der Waals surface area contributed by atoms with Crippen molar-refractivity contribution in [3.8, 4) is 5.82 Å². The molecule has 0 atom stereocenters. The third-order valence-corrected chi connectivity index (χ3v) is 3.52. The van der Waals surface area contributed by atoms with E-state index in [1.807, 2.05) is 12.4 Å². The Hall–Kier alpha value is -1.68. The van der Waals surface area contributed by atoms with Gasteiger partial charge in [0.25, 0.3) is 0 Å².